The predicted molar refractivity (Wildman–Crippen MR) is 76.2 cm³/mol. The zero-order valence-corrected chi connectivity index (χ0v) is 12.3. The van der Waals surface area contributed by atoms with Gasteiger partial charge in [0.15, 0.2) is 0 Å². The van der Waals surface area contributed by atoms with Gasteiger partial charge in [-0.15, -0.1) is 0 Å². The minimum atomic E-state index is -0.0843. The van der Waals surface area contributed by atoms with Crippen molar-refractivity contribution >= 4 is 0 Å². The van der Waals surface area contributed by atoms with Crippen LogP contribution in [0, 0.1) is 17.7 Å². The van der Waals surface area contributed by atoms with Gasteiger partial charge in [-0.25, -0.2) is 4.39 Å². The molecule has 1 N–H and O–H groups in total. The minimum Gasteiger partial charge on any atom is -0.312 e. The molecule has 1 nitrogen and oxygen atoms in total. The lowest BCUT2D eigenvalue weighted by Gasteiger charge is -2.27. The van der Waals surface area contributed by atoms with Gasteiger partial charge < -0.3 is 5.32 Å². The van der Waals surface area contributed by atoms with Crippen LogP contribution in [0.15, 0.2) is 24.3 Å². The third-order valence-corrected chi connectivity index (χ3v) is 3.28. The van der Waals surface area contributed by atoms with Crippen molar-refractivity contribution in [2.75, 3.05) is 6.54 Å². The number of hydrogen-bond acceptors (Lipinski definition) is 1. The molecule has 18 heavy (non-hydrogen) atoms. The van der Waals surface area contributed by atoms with Crippen molar-refractivity contribution in [3.63, 3.8) is 0 Å². The van der Waals surface area contributed by atoms with Gasteiger partial charge in [0.25, 0.3) is 0 Å². The van der Waals surface area contributed by atoms with E-state index in [9.17, 15) is 4.39 Å². The highest BCUT2D eigenvalue weighted by Gasteiger charge is 2.18. The van der Waals surface area contributed by atoms with Crippen molar-refractivity contribution in [1.82, 2.24) is 5.32 Å². The molecule has 2 heteroatoms. The second kappa shape index (κ2) is 6.33. The van der Waals surface area contributed by atoms with Crippen LogP contribution in [0.25, 0.3) is 0 Å². The maximum atomic E-state index is 13.7. The van der Waals surface area contributed by atoms with Crippen molar-refractivity contribution in [2.24, 2.45) is 11.8 Å². The molecule has 0 saturated heterocycles. The summed E-state index contributed by atoms with van der Waals surface area (Å²) in [5.74, 6) is 0.916. The van der Waals surface area contributed by atoms with Crippen LogP contribution in [0.5, 0.6) is 0 Å². The van der Waals surface area contributed by atoms with E-state index in [4.69, 9.17) is 0 Å². The quantitative estimate of drug-likeness (QED) is 0.833. The van der Waals surface area contributed by atoms with Gasteiger partial charge in [0.05, 0.1) is 0 Å². The molecule has 0 spiro atoms. The summed E-state index contributed by atoms with van der Waals surface area (Å²) in [5, 5.41) is 3.52. The first-order valence-corrected chi connectivity index (χ1v) is 6.78. The molecule has 1 aromatic carbocycles. The Bertz CT molecular complexity index is 366. The predicted octanol–water partition coefficient (Wildman–Crippen LogP) is 4.03. The molecule has 102 valence electrons. The zero-order chi connectivity index (χ0) is 13.8. The molecule has 0 fully saturated rings. The van der Waals surface area contributed by atoms with Crippen LogP contribution >= 0.6 is 0 Å². The SMILES string of the molecule is CC(C)C(CNC(C)(C)C)Cc1ccccc1F. The summed E-state index contributed by atoms with van der Waals surface area (Å²) < 4.78 is 13.7. The molecule has 0 aliphatic carbocycles. The molecule has 1 rings (SSSR count). The normalized spacial score (nSPS) is 13.9. The molecule has 0 amide bonds. The summed E-state index contributed by atoms with van der Waals surface area (Å²) in [7, 11) is 0. The lowest BCUT2D eigenvalue weighted by molar-refractivity contribution is 0.310. The average molecular weight is 251 g/mol. The molecule has 0 radical (unpaired) electrons. The molecule has 0 heterocycles. The van der Waals surface area contributed by atoms with E-state index < -0.39 is 0 Å². The fourth-order valence-corrected chi connectivity index (χ4v) is 1.93. The van der Waals surface area contributed by atoms with Crippen molar-refractivity contribution < 1.29 is 4.39 Å². The van der Waals surface area contributed by atoms with Crippen molar-refractivity contribution in [1.29, 1.82) is 0 Å². The average Bonchev–Trinajstić information content (AvgIpc) is 2.24. The second-order valence-corrected chi connectivity index (χ2v) is 6.43. The van der Waals surface area contributed by atoms with Crippen molar-refractivity contribution in [3.05, 3.63) is 35.6 Å². The molecule has 1 atom stereocenters. The molecule has 0 aliphatic rings. The van der Waals surface area contributed by atoms with Gasteiger partial charge in [-0.1, -0.05) is 32.0 Å². The van der Waals surface area contributed by atoms with Crippen LogP contribution in [0.1, 0.15) is 40.2 Å². The van der Waals surface area contributed by atoms with E-state index in [0.29, 0.717) is 11.8 Å². The first-order chi connectivity index (χ1) is 8.29. The highest BCUT2D eigenvalue weighted by Crippen LogP contribution is 2.19. The van der Waals surface area contributed by atoms with Crippen LogP contribution in [-0.2, 0) is 6.42 Å². The monoisotopic (exact) mass is 251 g/mol. The summed E-state index contributed by atoms with van der Waals surface area (Å²) in [6.07, 6.45) is 0.799. The van der Waals surface area contributed by atoms with Gasteiger partial charge in [0, 0.05) is 5.54 Å². The highest BCUT2D eigenvalue weighted by molar-refractivity contribution is 5.18. The lowest BCUT2D eigenvalue weighted by Crippen LogP contribution is -2.40. The Labute approximate surface area is 111 Å². The largest absolute Gasteiger partial charge is 0.312 e. The van der Waals surface area contributed by atoms with Crippen LogP contribution in [0.3, 0.4) is 0 Å². The van der Waals surface area contributed by atoms with Crippen molar-refractivity contribution in [2.45, 2.75) is 46.6 Å². The number of hydrogen-bond donors (Lipinski definition) is 1. The molecule has 0 saturated carbocycles. The highest BCUT2D eigenvalue weighted by atomic mass is 19.1. The number of halogens is 1. The maximum absolute atomic E-state index is 13.7. The van der Waals surface area contributed by atoms with Crippen LogP contribution in [0.4, 0.5) is 4.39 Å². The Morgan fingerprint density at radius 3 is 2.28 bits per heavy atom. The summed E-state index contributed by atoms with van der Waals surface area (Å²) in [6.45, 7) is 11.8. The van der Waals surface area contributed by atoms with Gasteiger partial charge in [-0.3, -0.25) is 0 Å². The van der Waals surface area contributed by atoms with Crippen LogP contribution in [-0.4, -0.2) is 12.1 Å². The molecule has 0 aromatic heterocycles. The van der Waals surface area contributed by atoms with E-state index in [0.717, 1.165) is 18.5 Å². The van der Waals surface area contributed by atoms with Crippen molar-refractivity contribution in [3.8, 4) is 0 Å². The molecule has 0 bridgehead atoms. The third kappa shape index (κ3) is 5.18. The molecular formula is C16H26FN. The number of rotatable bonds is 5. The zero-order valence-electron chi connectivity index (χ0n) is 12.3. The fraction of sp³-hybridized carbons (Fsp3) is 0.625. The number of nitrogens with one attached hydrogen (secondary N) is 1. The summed E-state index contributed by atoms with van der Waals surface area (Å²) >= 11 is 0. The van der Waals surface area contributed by atoms with E-state index in [2.05, 4.69) is 39.9 Å². The smallest absolute Gasteiger partial charge is 0.126 e. The standard InChI is InChI=1S/C16H26FN/c1-12(2)14(11-18-16(3,4)5)10-13-8-6-7-9-15(13)17/h6-9,12,14,18H,10-11H2,1-5H3. The van der Waals surface area contributed by atoms with E-state index in [-0.39, 0.29) is 11.4 Å². The summed E-state index contributed by atoms with van der Waals surface area (Å²) in [4.78, 5) is 0. The Kier molecular flexibility index (Phi) is 5.33. The maximum Gasteiger partial charge on any atom is 0.126 e. The molecule has 1 aromatic rings. The van der Waals surface area contributed by atoms with E-state index in [1.165, 1.54) is 0 Å². The van der Waals surface area contributed by atoms with E-state index in [1.807, 2.05) is 12.1 Å². The first kappa shape index (κ1) is 15.2. The Hall–Kier alpha value is -0.890. The molecule has 1 unspecified atom stereocenters. The topological polar surface area (TPSA) is 12.0 Å². The second-order valence-electron chi connectivity index (χ2n) is 6.43. The van der Waals surface area contributed by atoms with E-state index >= 15 is 0 Å². The van der Waals surface area contributed by atoms with Gasteiger partial charge >= 0.3 is 0 Å². The van der Waals surface area contributed by atoms with Gasteiger partial charge in [-0.2, -0.15) is 0 Å². The fourth-order valence-electron chi connectivity index (χ4n) is 1.93. The minimum absolute atomic E-state index is 0.0843. The molecule has 0 aliphatic heterocycles. The Morgan fingerprint density at radius 2 is 1.78 bits per heavy atom. The molecular weight excluding hydrogens is 225 g/mol. The van der Waals surface area contributed by atoms with Gasteiger partial charge in [0.1, 0.15) is 5.82 Å². The van der Waals surface area contributed by atoms with Crippen LogP contribution < -0.4 is 5.32 Å². The van der Waals surface area contributed by atoms with Crippen LogP contribution in [0.2, 0.25) is 0 Å². The first-order valence-electron chi connectivity index (χ1n) is 6.78. The Balaban J connectivity index is 2.67. The Morgan fingerprint density at radius 1 is 1.17 bits per heavy atom. The summed E-state index contributed by atoms with van der Waals surface area (Å²) in [5.41, 5.74) is 0.939. The van der Waals surface area contributed by atoms with Gasteiger partial charge in [-0.05, 0) is 57.2 Å². The van der Waals surface area contributed by atoms with Gasteiger partial charge in [0.2, 0.25) is 0 Å². The van der Waals surface area contributed by atoms with E-state index in [1.54, 1.807) is 12.1 Å². The summed E-state index contributed by atoms with van der Waals surface area (Å²) in [6, 6.07) is 7.09. The number of benzene rings is 1. The third-order valence-electron chi connectivity index (χ3n) is 3.28. The lowest BCUT2D eigenvalue weighted by atomic mass is 9.88.